The molecular weight excluding hydrogens is 612 g/mol. The van der Waals surface area contributed by atoms with E-state index >= 15 is 17.6 Å². The second-order valence-corrected chi connectivity index (χ2v) is 12.0. The number of alkyl halides is 3. The number of halogens is 4. The third-order valence-corrected chi connectivity index (χ3v) is 8.96. The van der Waals surface area contributed by atoms with Gasteiger partial charge in [-0.05, 0) is 86.7 Å². The van der Waals surface area contributed by atoms with Crippen molar-refractivity contribution in [1.82, 2.24) is 25.1 Å². The summed E-state index contributed by atoms with van der Waals surface area (Å²) in [6, 6.07) is 14.4. The minimum absolute atomic E-state index is 0.0735. The maximum Gasteiger partial charge on any atom is 0.422 e. The third kappa shape index (κ3) is 7.60. The Labute approximate surface area is 271 Å². The Bertz CT molecular complexity index is 1680. The summed E-state index contributed by atoms with van der Waals surface area (Å²) in [7, 11) is 1.68. The molecule has 2 fully saturated rings. The van der Waals surface area contributed by atoms with Crippen LogP contribution in [0.25, 0.3) is 23.2 Å². The molecule has 1 spiro atoms. The molecule has 0 unspecified atom stereocenters. The molecule has 246 valence electrons. The minimum Gasteiger partial charge on any atom is -0.457 e. The maximum atomic E-state index is 16.0. The van der Waals surface area contributed by atoms with Crippen LogP contribution in [0.15, 0.2) is 73.2 Å². The van der Waals surface area contributed by atoms with Crippen LogP contribution in [-0.4, -0.2) is 71.5 Å². The second-order valence-electron chi connectivity index (χ2n) is 12.0. The predicted molar refractivity (Wildman–Crippen MR) is 171 cm³/mol. The SMILES string of the molecule is COCCN1CCC2(CCCN(c3c(/C=C(\F)c4nccc(-c5ccnnc5)n4)ccc(Oc4ccccc4)c3C(F)(F)F)C2)CC1. The number of likely N-dealkylation sites (tertiary alicyclic amines) is 1. The van der Waals surface area contributed by atoms with Crippen LogP contribution in [0.4, 0.5) is 23.2 Å². The van der Waals surface area contributed by atoms with Crippen LogP contribution in [-0.2, 0) is 10.9 Å². The lowest BCUT2D eigenvalue weighted by Gasteiger charge is -2.49. The fraction of sp³-hybridized carbons (Fsp3) is 0.371. The highest BCUT2D eigenvalue weighted by atomic mass is 19.4. The number of aromatic nitrogens is 4. The maximum absolute atomic E-state index is 16.0. The lowest BCUT2D eigenvalue weighted by atomic mass is 9.72. The Balaban J connectivity index is 1.41. The van der Waals surface area contributed by atoms with E-state index in [0.29, 0.717) is 31.0 Å². The van der Waals surface area contributed by atoms with Crippen LogP contribution in [0.5, 0.6) is 11.5 Å². The zero-order chi connectivity index (χ0) is 32.9. The molecule has 4 heterocycles. The normalized spacial score (nSPS) is 17.2. The molecule has 47 heavy (non-hydrogen) atoms. The van der Waals surface area contributed by atoms with Crippen molar-refractivity contribution in [1.29, 1.82) is 0 Å². The van der Waals surface area contributed by atoms with Gasteiger partial charge in [-0.2, -0.15) is 23.4 Å². The average molecular weight is 649 g/mol. The molecule has 2 aliphatic rings. The fourth-order valence-electron chi connectivity index (χ4n) is 6.58. The molecule has 8 nitrogen and oxygen atoms in total. The molecule has 4 aromatic rings. The molecule has 6 rings (SSSR count). The smallest absolute Gasteiger partial charge is 0.422 e. The van der Waals surface area contributed by atoms with E-state index in [-0.39, 0.29) is 34.0 Å². The predicted octanol–water partition coefficient (Wildman–Crippen LogP) is 7.54. The molecule has 0 atom stereocenters. The largest absolute Gasteiger partial charge is 0.457 e. The van der Waals surface area contributed by atoms with Crippen molar-refractivity contribution in [3.05, 3.63) is 90.1 Å². The van der Waals surface area contributed by atoms with Gasteiger partial charge in [0, 0.05) is 44.1 Å². The van der Waals surface area contributed by atoms with Gasteiger partial charge in [-0.15, -0.1) is 0 Å². The van der Waals surface area contributed by atoms with E-state index in [4.69, 9.17) is 9.47 Å². The summed E-state index contributed by atoms with van der Waals surface area (Å²) in [6.07, 6.45) is 4.04. The molecule has 0 amide bonds. The number of benzene rings is 2. The molecule has 0 saturated carbocycles. The van der Waals surface area contributed by atoms with Crippen molar-refractivity contribution >= 4 is 17.6 Å². The number of hydrogen-bond donors (Lipinski definition) is 0. The second kappa shape index (κ2) is 14.1. The van der Waals surface area contributed by atoms with E-state index in [1.54, 1.807) is 54.5 Å². The van der Waals surface area contributed by atoms with Gasteiger partial charge in [0.2, 0.25) is 0 Å². The number of anilines is 1. The topological polar surface area (TPSA) is 76.5 Å². The van der Waals surface area contributed by atoms with Crippen molar-refractivity contribution in [3.63, 3.8) is 0 Å². The van der Waals surface area contributed by atoms with Gasteiger partial charge >= 0.3 is 6.18 Å². The first-order valence-electron chi connectivity index (χ1n) is 15.7. The van der Waals surface area contributed by atoms with Crippen molar-refractivity contribution < 1.29 is 27.0 Å². The average Bonchev–Trinajstić information content (AvgIpc) is 3.09. The van der Waals surface area contributed by atoms with E-state index in [0.717, 1.165) is 51.4 Å². The van der Waals surface area contributed by atoms with Crippen LogP contribution in [0.3, 0.4) is 0 Å². The number of methoxy groups -OCH3 is 1. The van der Waals surface area contributed by atoms with Crippen molar-refractivity contribution in [3.8, 4) is 22.8 Å². The summed E-state index contributed by atoms with van der Waals surface area (Å²) in [5, 5.41) is 7.59. The number of para-hydroxylation sites is 1. The summed E-state index contributed by atoms with van der Waals surface area (Å²) >= 11 is 0. The highest BCUT2D eigenvalue weighted by molar-refractivity contribution is 5.83. The molecule has 0 N–H and O–H groups in total. The molecule has 2 aromatic carbocycles. The van der Waals surface area contributed by atoms with E-state index in [9.17, 15) is 0 Å². The van der Waals surface area contributed by atoms with Gasteiger partial charge in [0.1, 0.15) is 17.1 Å². The summed E-state index contributed by atoms with van der Waals surface area (Å²) in [5.41, 5.74) is -0.107. The molecule has 0 aliphatic carbocycles. The first kappa shape index (κ1) is 32.5. The highest BCUT2D eigenvalue weighted by Crippen LogP contribution is 2.49. The lowest BCUT2D eigenvalue weighted by Crippen LogP contribution is -2.50. The summed E-state index contributed by atoms with van der Waals surface area (Å²) in [4.78, 5) is 12.5. The zero-order valence-corrected chi connectivity index (χ0v) is 26.1. The Hall–Kier alpha value is -4.42. The Morgan fingerprint density at radius 3 is 2.49 bits per heavy atom. The minimum atomic E-state index is -4.79. The fourth-order valence-corrected chi connectivity index (χ4v) is 6.58. The molecule has 0 bridgehead atoms. The molecule has 0 radical (unpaired) electrons. The Morgan fingerprint density at radius 1 is 0.957 bits per heavy atom. The van der Waals surface area contributed by atoms with E-state index in [2.05, 4.69) is 25.1 Å². The van der Waals surface area contributed by atoms with Crippen LogP contribution >= 0.6 is 0 Å². The number of nitrogens with zero attached hydrogens (tertiary/aromatic N) is 6. The van der Waals surface area contributed by atoms with Gasteiger partial charge in [0.05, 0.1) is 30.4 Å². The molecule has 2 saturated heterocycles. The Kier molecular flexibility index (Phi) is 9.79. The monoisotopic (exact) mass is 648 g/mol. The molecular formula is C35H36F4N6O2. The number of rotatable bonds is 9. The van der Waals surface area contributed by atoms with E-state index in [1.807, 2.05) is 0 Å². The molecule has 2 aromatic heterocycles. The van der Waals surface area contributed by atoms with Crippen LogP contribution in [0.2, 0.25) is 0 Å². The first-order valence-corrected chi connectivity index (χ1v) is 15.7. The van der Waals surface area contributed by atoms with Crippen LogP contribution < -0.4 is 9.64 Å². The summed E-state index contributed by atoms with van der Waals surface area (Å²) < 4.78 is 72.6. The highest BCUT2D eigenvalue weighted by Gasteiger charge is 2.44. The van der Waals surface area contributed by atoms with Gasteiger partial charge in [0.25, 0.3) is 0 Å². The number of piperidine rings is 2. The van der Waals surface area contributed by atoms with Gasteiger partial charge in [0.15, 0.2) is 11.7 Å². The van der Waals surface area contributed by atoms with E-state index < -0.39 is 17.6 Å². The van der Waals surface area contributed by atoms with Gasteiger partial charge in [-0.1, -0.05) is 18.2 Å². The number of hydrogen-bond acceptors (Lipinski definition) is 8. The van der Waals surface area contributed by atoms with Gasteiger partial charge in [-0.25, -0.2) is 14.4 Å². The summed E-state index contributed by atoms with van der Waals surface area (Å²) in [6.45, 7) is 3.98. The van der Waals surface area contributed by atoms with Crippen molar-refractivity contribution in [2.75, 3.05) is 51.3 Å². The zero-order valence-electron chi connectivity index (χ0n) is 26.1. The first-order chi connectivity index (χ1) is 22.7. The molecule has 2 aliphatic heterocycles. The van der Waals surface area contributed by atoms with Crippen molar-refractivity contribution in [2.24, 2.45) is 5.41 Å². The van der Waals surface area contributed by atoms with Gasteiger partial charge in [-0.3, -0.25) is 0 Å². The molecule has 12 heteroatoms. The quantitative estimate of drug-likeness (QED) is 0.172. The number of ether oxygens (including phenoxy) is 2. The van der Waals surface area contributed by atoms with E-state index in [1.165, 1.54) is 30.7 Å². The summed E-state index contributed by atoms with van der Waals surface area (Å²) in [5.74, 6) is -1.18. The van der Waals surface area contributed by atoms with Gasteiger partial charge < -0.3 is 19.3 Å². The third-order valence-electron chi connectivity index (χ3n) is 8.96. The standard InChI is InChI=1S/C35H36F4N6O2/c1-46-21-20-44-18-13-34(14-19-44)12-5-17-45(24-34)32-25(8-9-30(31(32)35(37,38)39)47-27-6-3-2-4-7-27)22-28(36)33-40-15-11-29(43-33)26-10-16-41-42-23-26/h2-4,6-11,15-16,22-23H,5,12-14,17-21,24H2,1H3/b28-22-. The van der Waals surface area contributed by atoms with Crippen LogP contribution in [0.1, 0.15) is 42.6 Å². The van der Waals surface area contributed by atoms with Crippen LogP contribution in [0, 0.1) is 5.41 Å². The van der Waals surface area contributed by atoms with Crippen molar-refractivity contribution in [2.45, 2.75) is 31.9 Å². The lowest BCUT2D eigenvalue weighted by molar-refractivity contribution is -0.138. The Morgan fingerprint density at radius 2 is 1.77 bits per heavy atom.